The maximum atomic E-state index is 12.8. The Morgan fingerprint density at radius 3 is 2.43 bits per heavy atom. The normalized spacial score (nSPS) is 12.3. The van der Waals surface area contributed by atoms with Crippen molar-refractivity contribution in [3.05, 3.63) is 59.7 Å². The summed E-state index contributed by atoms with van der Waals surface area (Å²) in [7, 11) is 2.96. The molecule has 1 N–H and O–H groups in total. The Bertz CT molecular complexity index is 940. The quantitative estimate of drug-likeness (QED) is 0.531. The number of halogens is 3. The van der Waals surface area contributed by atoms with Gasteiger partial charge in [-0.15, -0.1) is 0 Å². The van der Waals surface area contributed by atoms with Gasteiger partial charge < -0.3 is 19.5 Å². The molecule has 2 aromatic rings. The first-order valence-corrected chi connectivity index (χ1v) is 8.73. The van der Waals surface area contributed by atoms with Crippen LogP contribution in [0.1, 0.15) is 18.1 Å². The largest absolute Gasteiger partial charge is 0.497 e. The number of hydrogen-bond acceptors (Lipinski definition) is 5. The van der Waals surface area contributed by atoms with E-state index >= 15 is 0 Å². The zero-order valence-electron chi connectivity index (χ0n) is 16.4. The topological polar surface area (TPSA) is 73.9 Å². The van der Waals surface area contributed by atoms with Gasteiger partial charge in [-0.1, -0.05) is 6.07 Å². The smallest absolute Gasteiger partial charge is 0.416 e. The molecule has 2 rings (SSSR count). The molecule has 0 bridgehead atoms. The number of carbonyl (C=O) groups is 2. The van der Waals surface area contributed by atoms with E-state index in [4.69, 9.17) is 14.2 Å². The maximum absolute atomic E-state index is 12.8. The lowest BCUT2D eigenvalue weighted by atomic mass is 10.1. The van der Waals surface area contributed by atoms with Crippen molar-refractivity contribution in [2.24, 2.45) is 0 Å². The summed E-state index contributed by atoms with van der Waals surface area (Å²) in [5, 5.41) is 2.29. The Balaban J connectivity index is 2.00. The molecular weight excluding hydrogens is 403 g/mol. The minimum atomic E-state index is -4.54. The summed E-state index contributed by atoms with van der Waals surface area (Å²) >= 11 is 0. The first-order valence-electron chi connectivity index (χ1n) is 8.73. The van der Waals surface area contributed by atoms with Gasteiger partial charge in [0.15, 0.2) is 6.10 Å². The maximum Gasteiger partial charge on any atom is 0.416 e. The van der Waals surface area contributed by atoms with E-state index < -0.39 is 29.7 Å². The molecule has 0 aromatic heterocycles. The van der Waals surface area contributed by atoms with E-state index in [9.17, 15) is 22.8 Å². The first kappa shape index (κ1) is 22.8. The summed E-state index contributed by atoms with van der Waals surface area (Å²) in [6.07, 6.45) is -3.24. The minimum Gasteiger partial charge on any atom is -0.497 e. The molecule has 2 aromatic carbocycles. The number of anilines is 1. The predicted octanol–water partition coefficient (Wildman–Crippen LogP) is 4.31. The highest BCUT2D eigenvalue weighted by Gasteiger charge is 2.30. The van der Waals surface area contributed by atoms with Crippen molar-refractivity contribution in [2.45, 2.75) is 19.2 Å². The third-order valence-corrected chi connectivity index (χ3v) is 3.96. The number of rotatable bonds is 7. The average Bonchev–Trinajstić information content (AvgIpc) is 2.71. The van der Waals surface area contributed by atoms with Crippen LogP contribution in [0, 0.1) is 0 Å². The van der Waals surface area contributed by atoms with Crippen molar-refractivity contribution in [3.8, 4) is 11.5 Å². The second kappa shape index (κ2) is 9.82. The van der Waals surface area contributed by atoms with Gasteiger partial charge in [0.25, 0.3) is 5.91 Å². The van der Waals surface area contributed by atoms with Gasteiger partial charge in [0.05, 0.1) is 19.8 Å². The summed E-state index contributed by atoms with van der Waals surface area (Å²) in [6, 6.07) is 9.14. The van der Waals surface area contributed by atoms with Gasteiger partial charge >= 0.3 is 12.1 Å². The lowest BCUT2D eigenvalue weighted by Crippen LogP contribution is -2.29. The number of amides is 1. The molecule has 0 aliphatic heterocycles. The van der Waals surface area contributed by atoms with E-state index in [0.717, 1.165) is 18.2 Å². The molecule has 0 saturated carbocycles. The summed E-state index contributed by atoms with van der Waals surface area (Å²) in [4.78, 5) is 24.2. The molecule has 0 aliphatic rings. The molecule has 160 valence electrons. The zero-order valence-corrected chi connectivity index (χ0v) is 16.4. The molecule has 1 amide bonds. The summed E-state index contributed by atoms with van der Waals surface area (Å²) in [6.45, 7) is 1.31. The standard InChI is InChI=1S/C21H20F3NO5/c1-13(20(27)25-16-6-4-5-15(12-16)21(22,23)24)30-19(26)10-7-14-11-17(28-2)8-9-18(14)29-3/h4-13H,1-3H3,(H,25,27)/b10-7+. The Hall–Kier alpha value is -3.49. The van der Waals surface area contributed by atoms with Crippen LogP contribution in [-0.2, 0) is 20.5 Å². The van der Waals surface area contributed by atoms with Gasteiger partial charge in [-0.3, -0.25) is 4.79 Å². The molecule has 6 nitrogen and oxygen atoms in total. The number of benzene rings is 2. The van der Waals surface area contributed by atoms with Crippen LogP contribution in [-0.4, -0.2) is 32.2 Å². The van der Waals surface area contributed by atoms with Crippen molar-refractivity contribution in [2.75, 3.05) is 19.5 Å². The second-order valence-electron chi connectivity index (χ2n) is 6.09. The minimum absolute atomic E-state index is 0.0608. The Morgan fingerprint density at radius 1 is 1.07 bits per heavy atom. The fourth-order valence-corrected chi connectivity index (χ4v) is 2.41. The van der Waals surface area contributed by atoms with Crippen LogP contribution in [0.3, 0.4) is 0 Å². The lowest BCUT2D eigenvalue weighted by molar-refractivity contribution is -0.148. The fourth-order valence-electron chi connectivity index (χ4n) is 2.41. The monoisotopic (exact) mass is 423 g/mol. The molecule has 0 radical (unpaired) electrons. The highest BCUT2D eigenvalue weighted by molar-refractivity contribution is 5.96. The van der Waals surface area contributed by atoms with Crippen molar-refractivity contribution >= 4 is 23.6 Å². The van der Waals surface area contributed by atoms with Crippen molar-refractivity contribution in [1.82, 2.24) is 0 Å². The molecule has 0 heterocycles. The predicted molar refractivity (Wildman–Crippen MR) is 104 cm³/mol. The average molecular weight is 423 g/mol. The van der Waals surface area contributed by atoms with E-state index in [2.05, 4.69) is 5.32 Å². The van der Waals surface area contributed by atoms with Crippen LogP contribution in [0.2, 0.25) is 0 Å². The second-order valence-corrected chi connectivity index (χ2v) is 6.09. The Morgan fingerprint density at radius 2 is 1.80 bits per heavy atom. The number of hydrogen-bond donors (Lipinski definition) is 1. The van der Waals surface area contributed by atoms with Crippen molar-refractivity contribution in [3.63, 3.8) is 0 Å². The molecule has 0 saturated heterocycles. The third kappa shape index (κ3) is 6.26. The van der Waals surface area contributed by atoms with Gasteiger partial charge in [-0.2, -0.15) is 13.2 Å². The highest BCUT2D eigenvalue weighted by Crippen LogP contribution is 2.30. The molecule has 0 fully saturated rings. The van der Waals surface area contributed by atoms with E-state index in [1.54, 1.807) is 18.2 Å². The fraction of sp³-hybridized carbons (Fsp3) is 0.238. The summed E-state index contributed by atoms with van der Waals surface area (Å²) in [5.74, 6) is -0.533. The molecule has 30 heavy (non-hydrogen) atoms. The van der Waals surface area contributed by atoms with Gasteiger partial charge in [0.2, 0.25) is 0 Å². The number of alkyl halides is 3. The number of esters is 1. The Kier molecular flexibility index (Phi) is 7.46. The number of nitrogens with one attached hydrogen (secondary N) is 1. The highest BCUT2D eigenvalue weighted by atomic mass is 19.4. The van der Waals surface area contributed by atoms with Crippen LogP contribution in [0.4, 0.5) is 18.9 Å². The summed E-state index contributed by atoms with van der Waals surface area (Å²) in [5.41, 5.74) is -0.413. The third-order valence-electron chi connectivity index (χ3n) is 3.96. The molecule has 9 heteroatoms. The van der Waals surface area contributed by atoms with Gasteiger partial charge in [-0.25, -0.2) is 4.79 Å². The lowest BCUT2D eigenvalue weighted by Gasteiger charge is -2.14. The van der Waals surface area contributed by atoms with Gasteiger partial charge in [-0.05, 0) is 49.4 Å². The van der Waals surface area contributed by atoms with Crippen LogP contribution < -0.4 is 14.8 Å². The van der Waals surface area contributed by atoms with Crippen molar-refractivity contribution in [1.29, 1.82) is 0 Å². The molecule has 1 atom stereocenters. The summed E-state index contributed by atoms with van der Waals surface area (Å²) < 4.78 is 53.6. The molecule has 0 spiro atoms. The van der Waals surface area contributed by atoms with Crippen LogP contribution in [0.5, 0.6) is 11.5 Å². The molecule has 0 aliphatic carbocycles. The van der Waals surface area contributed by atoms with Crippen LogP contribution >= 0.6 is 0 Å². The van der Waals surface area contributed by atoms with Crippen LogP contribution in [0.25, 0.3) is 6.08 Å². The zero-order chi connectivity index (χ0) is 22.3. The van der Waals surface area contributed by atoms with Crippen LogP contribution in [0.15, 0.2) is 48.5 Å². The molecule has 1 unspecified atom stereocenters. The number of methoxy groups -OCH3 is 2. The number of ether oxygens (including phenoxy) is 3. The Labute approximate surface area is 171 Å². The molecular formula is C21H20F3NO5. The first-order chi connectivity index (χ1) is 14.1. The van der Waals surface area contributed by atoms with Gasteiger partial charge in [0.1, 0.15) is 11.5 Å². The number of carbonyl (C=O) groups excluding carboxylic acids is 2. The van der Waals surface area contributed by atoms with Crippen molar-refractivity contribution < 1.29 is 37.0 Å². The van der Waals surface area contributed by atoms with E-state index in [0.29, 0.717) is 17.1 Å². The van der Waals surface area contributed by atoms with E-state index in [1.807, 2.05) is 0 Å². The van der Waals surface area contributed by atoms with E-state index in [1.165, 1.54) is 39.4 Å². The van der Waals surface area contributed by atoms with Gasteiger partial charge in [0, 0.05) is 17.3 Å². The van der Waals surface area contributed by atoms with E-state index in [-0.39, 0.29) is 5.69 Å². The SMILES string of the molecule is COc1ccc(OC)c(/C=C/C(=O)OC(C)C(=O)Nc2cccc(C(F)(F)F)c2)c1.